The number of halogens is 1. The Bertz CT molecular complexity index is 1020. The van der Waals surface area contributed by atoms with Crippen molar-refractivity contribution in [3.63, 3.8) is 0 Å². The summed E-state index contributed by atoms with van der Waals surface area (Å²) in [4.78, 5) is 28.8. The Morgan fingerprint density at radius 1 is 0.824 bits per heavy atom. The van der Waals surface area contributed by atoms with Crippen LogP contribution in [0.5, 0.6) is 0 Å². The normalized spacial score (nSPS) is 11.6. The van der Waals surface area contributed by atoms with Gasteiger partial charge in [0.25, 0.3) is 0 Å². The van der Waals surface area contributed by atoms with E-state index in [9.17, 15) is 9.59 Å². The first-order valence-electron chi connectivity index (χ1n) is 12.0. The molecule has 0 aliphatic rings. The molecule has 1 N–H and O–H groups in total. The van der Waals surface area contributed by atoms with E-state index in [1.165, 1.54) is 0 Å². The molecular weight excluding hydrogens is 444 g/mol. The van der Waals surface area contributed by atoms with Gasteiger partial charge >= 0.3 is 0 Å². The first kappa shape index (κ1) is 25.5. The van der Waals surface area contributed by atoms with Crippen molar-refractivity contribution in [1.82, 2.24) is 10.2 Å². The molecule has 4 nitrogen and oxygen atoms in total. The van der Waals surface area contributed by atoms with Crippen LogP contribution in [0.1, 0.15) is 42.9 Å². The highest BCUT2D eigenvalue weighted by Gasteiger charge is 2.30. The smallest absolute Gasteiger partial charge is 0.243 e. The third kappa shape index (κ3) is 8.03. The van der Waals surface area contributed by atoms with Gasteiger partial charge in [0.05, 0.1) is 6.42 Å². The van der Waals surface area contributed by atoms with Gasteiger partial charge in [-0.05, 0) is 35.2 Å². The molecule has 0 aliphatic carbocycles. The molecule has 0 radical (unpaired) electrons. The minimum Gasteiger partial charge on any atom is -0.354 e. The number of rotatable bonds is 12. The van der Waals surface area contributed by atoms with Crippen LogP contribution in [0, 0.1) is 0 Å². The molecule has 3 aromatic rings. The Morgan fingerprint density at radius 3 is 2.06 bits per heavy atom. The predicted molar refractivity (Wildman–Crippen MR) is 139 cm³/mol. The Balaban J connectivity index is 1.88. The van der Waals surface area contributed by atoms with Gasteiger partial charge in [0, 0.05) is 24.5 Å². The zero-order valence-electron chi connectivity index (χ0n) is 19.8. The second-order valence-electron chi connectivity index (χ2n) is 8.51. The number of carbonyl (C=O) groups is 2. The summed E-state index contributed by atoms with van der Waals surface area (Å²) in [7, 11) is 0. The van der Waals surface area contributed by atoms with E-state index in [1.807, 2.05) is 72.8 Å². The lowest BCUT2D eigenvalue weighted by Crippen LogP contribution is -2.51. The van der Waals surface area contributed by atoms with E-state index in [0.29, 0.717) is 24.5 Å². The Hall–Kier alpha value is -3.11. The van der Waals surface area contributed by atoms with Crippen molar-refractivity contribution in [3.8, 4) is 0 Å². The van der Waals surface area contributed by atoms with Crippen molar-refractivity contribution in [2.75, 3.05) is 6.54 Å². The molecule has 3 aromatic carbocycles. The molecule has 2 amide bonds. The zero-order chi connectivity index (χ0) is 24.2. The number of nitrogens with zero attached hydrogens (tertiary/aromatic N) is 1. The van der Waals surface area contributed by atoms with Crippen molar-refractivity contribution in [2.24, 2.45) is 0 Å². The van der Waals surface area contributed by atoms with Crippen LogP contribution in [-0.4, -0.2) is 29.3 Å². The number of hydrogen-bond acceptors (Lipinski definition) is 2. The van der Waals surface area contributed by atoms with Crippen LogP contribution in [0.15, 0.2) is 84.9 Å². The van der Waals surface area contributed by atoms with E-state index in [4.69, 9.17) is 11.6 Å². The van der Waals surface area contributed by atoms with Crippen molar-refractivity contribution >= 4 is 23.4 Å². The summed E-state index contributed by atoms with van der Waals surface area (Å²) in [5, 5.41) is 3.71. The van der Waals surface area contributed by atoms with Crippen LogP contribution >= 0.6 is 11.6 Å². The molecule has 0 aliphatic heterocycles. The SMILES string of the molecule is CCCCCNC(=O)C(Cc1ccccc1)N(Cc1ccccc1)C(=O)Cc1ccc(Cl)cc1. The summed E-state index contributed by atoms with van der Waals surface area (Å²) < 4.78 is 0. The van der Waals surface area contributed by atoms with Gasteiger partial charge in [-0.15, -0.1) is 0 Å². The molecule has 3 rings (SSSR count). The average Bonchev–Trinajstić information content (AvgIpc) is 2.86. The molecule has 34 heavy (non-hydrogen) atoms. The maximum absolute atomic E-state index is 13.6. The van der Waals surface area contributed by atoms with Gasteiger partial charge in [0.1, 0.15) is 6.04 Å². The number of hydrogen-bond donors (Lipinski definition) is 1. The lowest BCUT2D eigenvalue weighted by atomic mass is 10.0. The van der Waals surface area contributed by atoms with Crippen molar-refractivity contribution in [3.05, 3.63) is 107 Å². The first-order valence-corrected chi connectivity index (χ1v) is 12.3. The molecule has 178 valence electrons. The highest BCUT2D eigenvalue weighted by molar-refractivity contribution is 6.30. The summed E-state index contributed by atoms with van der Waals surface area (Å²) >= 11 is 6.02. The van der Waals surface area contributed by atoms with E-state index in [1.54, 1.807) is 17.0 Å². The molecule has 0 bridgehead atoms. The van der Waals surface area contributed by atoms with Gasteiger partial charge in [-0.3, -0.25) is 9.59 Å². The monoisotopic (exact) mass is 476 g/mol. The van der Waals surface area contributed by atoms with Crippen molar-refractivity contribution < 1.29 is 9.59 Å². The fourth-order valence-electron chi connectivity index (χ4n) is 3.92. The predicted octanol–water partition coefficient (Wildman–Crippen LogP) is 5.83. The Labute approximate surface area is 207 Å². The van der Waals surface area contributed by atoms with Gasteiger partial charge in [-0.1, -0.05) is 104 Å². The molecule has 5 heteroatoms. The first-order chi connectivity index (χ1) is 16.6. The highest BCUT2D eigenvalue weighted by Crippen LogP contribution is 2.17. The lowest BCUT2D eigenvalue weighted by Gasteiger charge is -2.31. The lowest BCUT2D eigenvalue weighted by molar-refractivity contribution is -0.140. The molecule has 1 atom stereocenters. The average molecular weight is 477 g/mol. The number of unbranched alkanes of at least 4 members (excludes halogenated alkanes) is 2. The van der Waals surface area contributed by atoms with Crippen LogP contribution in [0.3, 0.4) is 0 Å². The van der Waals surface area contributed by atoms with E-state index >= 15 is 0 Å². The summed E-state index contributed by atoms with van der Waals surface area (Å²) in [6.45, 7) is 3.12. The van der Waals surface area contributed by atoms with E-state index in [0.717, 1.165) is 36.0 Å². The molecule has 1 unspecified atom stereocenters. The minimum absolute atomic E-state index is 0.0872. The van der Waals surface area contributed by atoms with Gasteiger partial charge in [0.15, 0.2) is 0 Å². The minimum atomic E-state index is -0.607. The van der Waals surface area contributed by atoms with Crippen molar-refractivity contribution in [1.29, 1.82) is 0 Å². The van der Waals surface area contributed by atoms with Crippen LogP contribution < -0.4 is 5.32 Å². The molecule has 0 saturated heterocycles. The van der Waals surface area contributed by atoms with Crippen LogP contribution in [-0.2, 0) is 29.0 Å². The molecule has 0 aromatic heterocycles. The quantitative estimate of drug-likeness (QED) is 0.334. The number of benzene rings is 3. The third-order valence-corrected chi connectivity index (χ3v) is 6.07. The molecule has 0 saturated carbocycles. The van der Waals surface area contributed by atoms with Crippen LogP contribution in [0.2, 0.25) is 5.02 Å². The van der Waals surface area contributed by atoms with Crippen LogP contribution in [0.25, 0.3) is 0 Å². The molecular formula is C29H33ClN2O2. The third-order valence-electron chi connectivity index (χ3n) is 5.82. The standard InChI is InChI=1S/C29H33ClN2O2/c1-2-3-10-19-31-29(34)27(20-23-11-6-4-7-12-23)32(22-25-13-8-5-9-14-25)28(33)21-24-15-17-26(30)18-16-24/h4-9,11-18,27H,2-3,10,19-22H2,1H3,(H,31,34). The van der Waals surface area contributed by atoms with Gasteiger partial charge in [-0.25, -0.2) is 0 Å². The molecule has 0 heterocycles. The van der Waals surface area contributed by atoms with E-state index < -0.39 is 6.04 Å². The second kappa shape index (κ2) is 13.6. The molecule has 0 spiro atoms. The van der Waals surface area contributed by atoms with E-state index in [-0.39, 0.29) is 18.2 Å². The van der Waals surface area contributed by atoms with Crippen molar-refractivity contribution in [2.45, 2.75) is 51.6 Å². The Morgan fingerprint density at radius 2 is 1.44 bits per heavy atom. The maximum atomic E-state index is 13.6. The fourth-order valence-corrected chi connectivity index (χ4v) is 4.04. The highest BCUT2D eigenvalue weighted by atomic mass is 35.5. The number of nitrogens with one attached hydrogen (secondary N) is 1. The summed E-state index contributed by atoms with van der Waals surface area (Å²) in [5.74, 6) is -0.198. The number of carbonyl (C=O) groups excluding carboxylic acids is 2. The topological polar surface area (TPSA) is 49.4 Å². The Kier molecular flexibility index (Phi) is 10.2. The zero-order valence-corrected chi connectivity index (χ0v) is 20.5. The van der Waals surface area contributed by atoms with E-state index in [2.05, 4.69) is 12.2 Å². The van der Waals surface area contributed by atoms with Crippen LogP contribution in [0.4, 0.5) is 0 Å². The second-order valence-corrected chi connectivity index (χ2v) is 8.95. The molecule has 0 fully saturated rings. The summed E-state index contributed by atoms with van der Waals surface area (Å²) in [5.41, 5.74) is 2.88. The number of amides is 2. The van der Waals surface area contributed by atoms with Gasteiger partial charge in [0.2, 0.25) is 11.8 Å². The summed E-state index contributed by atoms with van der Waals surface area (Å²) in [6, 6.07) is 26.4. The largest absolute Gasteiger partial charge is 0.354 e. The van der Waals surface area contributed by atoms with Gasteiger partial charge < -0.3 is 10.2 Å². The fraction of sp³-hybridized carbons (Fsp3) is 0.310. The summed E-state index contributed by atoms with van der Waals surface area (Å²) in [6.07, 6.45) is 3.74. The maximum Gasteiger partial charge on any atom is 0.243 e. The van der Waals surface area contributed by atoms with Gasteiger partial charge in [-0.2, -0.15) is 0 Å².